The zero-order valence-corrected chi connectivity index (χ0v) is 5.70. The predicted molar refractivity (Wildman–Crippen MR) is 36.5 cm³/mol. The van der Waals surface area contributed by atoms with Crippen molar-refractivity contribution in [1.29, 1.82) is 0 Å². The molecule has 52 valence electrons. The Bertz CT molecular complexity index is 240. The lowest BCUT2D eigenvalue weighted by Gasteiger charge is -2.34. The molecule has 2 rings (SSSR count). The molecule has 0 aliphatic heterocycles. The number of carbonyl (C=O) groups is 1. The molecule has 2 nitrogen and oxygen atoms in total. The molecule has 0 saturated heterocycles. The fourth-order valence-corrected chi connectivity index (χ4v) is 1.44. The zero-order chi connectivity index (χ0) is 7.19. The molecule has 0 radical (unpaired) electrons. The number of carbonyl (C=O) groups excluding carboxylic acids is 1. The van der Waals surface area contributed by atoms with Crippen LogP contribution in [0.4, 0.5) is 0 Å². The first-order valence-electron chi connectivity index (χ1n) is 3.26. The summed E-state index contributed by atoms with van der Waals surface area (Å²) >= 11 is 0. The van der Waals surface area contributed by atoms with Crippen LogP contribution in [0.5, 0.6) is 0 Å². The maximum Gasteiger partial charge on any atom is 0.165 e. The Morgan fingerprint density at radius 3 is 2.70 bits per heavy atom. The van der Waals surface area contributed by atoms with Crippen LogP contribution in [0.3, 0.4) is 0 Å². The maximum absolute atomic E-state index is 11.0. The normalized spacial score (nSPS) is 41.7. The molecule has 0 aromatic heterocycles. The number of hydrogen-bond donors (Lipinski definition) is 0. The first-order chi connectivity index (χ1) is 4.78. The summed E-state index contributed by atoms with van der Waals surface area (Å²) in [5.41, 5.74) is -0.364. The van der Waals surface area contributed by atoms with Crippen LogP contribution in [0, 0.1) is 5.92 Å². The Hall–Kier alpha value is -0.890. The molecule has 0 amide bonds. The van der Waals surface area contributed by atoms with Gasteiger partial charge in [-0.05, 0) is 12.2 Å². The van der Waals surface area contributed by atoms with Crippen LogP contribution in [0.2, 0.25) is 0 Å². The van der Waals surface area contributed by atoms with E-state index in [4.69, 9.17) is 4.74 Å². The van der Waals surface area contributed by atoms with Gasteiger partial charge in [0.2, 0.25) is 0 Å². The molecule has 0 bridgehead atoms. The second-order valence-corrected chi connectivity index (χ2v) is 2.63. The van der Waals surface area contributed by atoms with Crippen molar-refractivity contribution in [1.82, 2.24) is 0 Å². The van der Waals surface area contributed by atoms with E-state index in [-0.39, 0.29) is 17.3 Å². The molecule has 2 aliphatic carbocycles. The van der Waals surface area contributed by atoms with Crippen LogP contribution in [-0.2, 0) is 9.53 Å². The highest BCUT2D eigenvalue weighted by molar-refractivity contribution is 5.99. The van der Waals surface area contributed by atoms with Gasteiger partial charge in [0, 0.05) is 7.11 Å². The van der Waals surface area contributed by atoms with Crippen LogP contribution in [0.1, 0.15) is 0 Å². The quantitative estimate of drug-likeness (QED) is 0.496. The van der Waals surface area contributed by atoms with Crippen LogP contribution in [-0.4, -0.2) is 18.5 Å². The third-order valence-corrected chi connectivity index (χ3v) is 2.20. The second kappa shape index (κ2) is 1.58. The smallest absolute Gasteiger partial charge is 0.165 e. The standard InChI is InChI=1S/C8H8O2/c1-10-8-4-2-6(8)7(9)3-5-8/h2-6H,1H3. The number of methoxy groups -OCH3 is 1. The summed E-state index contributed by atoms with van der Waals surface area (Å²) in [5.74, 6) is 0.127. The Labute approximate surface area is 59.2 Å². The van der Waals surface area contributed by atoms with Gasteiger partial charge in [-0.25, -0.2) is 0 Å². The van der Waals surface area contributed by atoms with Crippen LogP contribution in [0.25, 0.3) is 0 Å². The Balaban J connectivity index is 2.37. The van der Waals surface area contributed by atoms with Crippen LogP contribution in [0.15, 0.2) is 24.3 Å². The van der Waals surface area contributed by atoms with Gasteiger partial charge in [-0.3, -0.25) is 4.79 Å². The van der Waals surface area contributed by atoms with Crippen molar-refractivity contribution in [3.8, 4) is 0 Å². The molecule has 0 spiro atoms. The number of allylic oxidation sites excluding steroid dienone is 1. The van der Waals surface area contributed by atoms with Crippen molar-refractivity contribution in [3.63, 3.8) is 0 Å². The van der Waals surface area contributed by atoms with E-state index in [0.717, 1.165) is 0 Å². The van der Waals surface area contributed by atoms with Gasteiger partial charge in [0.25, 0.3) is 0 Å². The zero-order valence-electron chi connectivity index (χ0n) is 5.70. The molecule has 0 aromatic rings. The first kappa shape index (κ1) is 5.86. The predicted octanol–water partition coefficient (Wildman–Crippen LogP) is 0.697. The molecule has 0 N–H and O–H groups in total. The number of ether oxygens (including phenoxy) is 1. The van der Waals surface area contributed by atoms with Gasteiger partial charge in [0.15, 0.2) is 5.78 Å². The Kier molecular flexibility index (Phi) is 0.926. The number of hydrogen-bond acceptors (Lipinski definition) is 2. The third-order valence-electron chi connectivity index (χ3n) is 2.20. The monoisotopic (exact) mass is 136 g/mol. The van der Waals surface area contributed by atoms with Gasteiger partial charge in [0.1, 0.15) is 5.60 Å². The first-order valence-corrected chi connectivity index (χ1v) is 3.26. The van der Waals surface area contributed by atoms with E-state index in [2.05, 4.69) is 0 Å². The fraction of sp³-hybridized carbons (Fsp3) is 0.375. The highest BCUT2D eigenvalue weighted by Crippen LogP contribution is 2.39. The highest BCUT2D eigenvalue weighted by atomic mass is 16.5. The molecule has 0 saturated carbocycles. The molecule has 2 atom stereocenters. The molecule has 2 unspecified atom stereocenters. The number of fused-ring (bicyclic) bond motifs is 1. The molecule has 0 fully saturated rings. The lowest BCUT2D eigenvalue weighted by Crippen LogP contribution is -2.41. The van der Waals surface area contributed by atoms with E-state index >= 15 is 0 Å². The summed E-state index contributed by atoms with van der Waals surface area (Å²) in [6, 6.07) is 0. The topological polar surface area (TPSA) is 26.3 Å². The summed E-state index contributed by atoms with van der Waals surface area (Å²) in [7, 11) is 1.62. The van der Waals surface area contributed by atoms with Crippen molar-refractivity contribution in [2.75, 3.05) is 7.11 Å². The summed E-state index contributed by atoms with van der Waals surface area (Å²) in [4.78, 5) is 11.0. The molecule has 2 aliphatic rings. The van der Waals surface area contributed by atoms with Crippen molar-refractivity contribution in [3.05, 3.63) is 24.3 Å². The van der Waals surface area contributed by atoms with Gasteiger partial charge in [-0.1, -0.05) is 12.2 Å². The summed E-state index contributed by atoms with van der Waals surface area (Å²) in [6.45, 7) is 0. The van der Waals surface area contributed by atoms with Gasteiger partial charge in [0.05, 0.1) is 5.92 Å². The summed E-state index contributed by atoms with van der Waals surface area (Å²) in [5, 5.41) is 0. The number of rotatable bonds is 1. The average Bonchev–Trinajstić information content (AvgIpc) is 2.06. The Morgan fingerprint density at radius 2 is 2.40 bits per heavy atom. The van der Waals surface area contributed by atoms with Gasteiger partial charge >= 0.3 is 0 Å². The van der Waals surface area contributed by atoms with E-state index in [9.17, 15) is 4.79 Å². The van der Waals surface area contributed by atoms with E-state index < -0.39 is 0 Å². The van der Waals surface area contributed by atoms with Crippen molar-refractivity contribution >= 4 is 5.78 Å². The molecule has 0 heterocycles. The summed E-state index contributed by atoms with van der Waals surface area (Å²) in [6.07, 6.45) is 7.21. The minimum atomic E-state index is -0.364. The van der Waals surface area contributed by atoms with Gasteiger partial charge < -0.3 is 4.74 Å². The van der Waals surface area contributed by atoms with Gasteiger partial charge in [-0.2, -0.15) is 0 Å². The SMILES string of the molecule is COC12C=CC(=O)C1C=C2. The molecule has 0 aromatic carbocycles. The van der Waals surface area contributed by atoms with Crippen LogP contribution >= 0.6 is 0 Å². The molecule has 2 heteroatoms. The summed E-state index contributed by atoms with van der Waals surface area (Å²) < 4.78 is 5.17. The minimum absolute atomic E-state index is 0.0301. The van der Waals surface area contributed by atoms with Crippen LogP contribution < -0.4 is 0 Å². The molecular formula is C8H8O2. The van der Waals surface area contributed by atoms with E-state index in [1.165, 1.54) is 0 Å². The second-order valence-electron chi connectivity index (χ2n) is 2.63. The largest absolute Gasteiger partial charge is 0.369 e. The van der Waals surface area contributed by atoms with E-state index in [0.29, 0.717) is 0 Å². The average molecular weight is 136 g/mol. The fourth-order valence-electron chi connectivity index (χ4n) is 1.44. The third kappa shape index (κ3) is 0.457. The van der Waals surface area contributed by atoms with E-state index in [1.807, 2.05) is 18.2 Å². The Morgan fingerprint density at radius 1 is 1.60 bits per heavy atom. The van der Waals surface area contributed by atoms with Crippen molar-refractivity contribution < 1.29 is 9.53 Å². The lowest BCUT2D eigenvalue weighted by molar-refractivity contribution is -0.121. The maximum atomic E-state index is 11.0. The van der Waals surface area contributed by atoms with Gasteiger partial charge in [-0.15, -0.1) is 0 Å². The van der Waals surface area contributed by atoms with E-state index in [1.54, 1.807) is 13.2 Å². The minimum Gasteiger partial charge on any atom is -0.369 e. The number of ketones is 1. The molecular weight excluding hydrogens is 128 g/mol. The highest BCUT2D eigenvalue weighted by Gasteiger charge is 2.46. The van der Waals surface area contributed by atoms with Crippen molar-refractivity contribution in [2.45, 2.75) is 5.60 Å². The molecule has 10 heavy (non-hydrogen) atoms. The van der Waals surface area contributed by atoms with Crippen molar-refractivity contribution in [2.24, 2.45) is 5.92 Å². The lowest BCUT2D eigenvalue weighted by atomic mass is 9.80.